The van der Waals surface area contributed by atoms with Gasteiger partial charge in [0.15, 0.2) is 0 Å². The van der Waals surface area contributed by atoms with Gasteiger partial charge in [-0.05, 0) is 43.3 Å². The Morgan fingerprint density at radius 1 is 1.11 bits per heavy atom. The summed E-state index contributed by atoms with van der Waals surface area (Å²) in [5.41, 5.74) is 1.59. The van der Waals surface area contributed by atoms with Crippen LogP contribution in [0.5, 0.6) is 0 Å². The number of hydrogen-bond acceptors (Lipinski definition) is 3. The predicted molar refractivity (Wildman–Crippen MR) is 114 cm³/mol. The standard InChI is InChI=1S/C20H20BrN3O2S/c1-14-19(20(26)24(23(14)2)16-6-4-3-5-7-16)22-18(25)12-13-27-17-10-8-15(21)9-11-17/h3-11H,12-13H2,1-2H3,(H,22,25). The fourth-order valence-electron chi connectivity index (χ4n) is 2.71. The molecule has 0 saturated heterocycles. The fraction of sp³-hybridized carbons (Fsp3) is 0.200. The van der Waals surface area contributed by atoms with E-state index < -0.39 is 0 Å². The average Bonchev–Trinajstić information content (AvgIpc) is 2.87. The van der Waals surface area contributed by atoms with Crippen molar-refractivity contribution in [3.63, 3.8) is 0 Å². The van der Waals surface area contributed by atoms with Gasteiger partial charge >= 0.3 is 0 Å². The van der Waals surface area contributed by atoms with E-state index in [1.807, 2.05) is 68.6 Å². The number of carbonyl (C=O) groups is 1. The molecule has 3 rings (SSSR count). The molecule has 0 radical (unpaired) electrons. The predicted octanol–water partition coefficient (Wildman–Crippen LogP) is 4.37. The van der Waals surface area contributed by atoms with E-state index >= 15 is 0 Å². The summed E-state index contributed by atoms with van der Waals surface area (Å²) in [7, 11) is 1.81. The molecule has 0 bridgehead atoms. The molecule has 3 aromatic rings. The first-order valence-corrected chi connectivity index (χ1v) is 10.3. The van der Waals surface area contributed by atoms with Gasteiger partial charge in [-0.2, -0.15) is 0 Å². The molecule has 1 heterocycles. The normalized spacial score (nSPS) is 10.8. The number of aromatic nitrogens is 2. The number of anilines is 1. The molecule has 0 aliphatic heterocycles. The zero-order valence-corrected chi connectivity index (χ0v) is 17.5. The van der Waals surface area contributed by atoms with Crippen LogP contribution in [0.15, 0.2) is 68.8 Å². The molecule has 7 heteroatoms. The Balaban J connectivity index is 1.67. The first-order chi connectivity index (χ1) is 13.0. The Labute approximate surface area is 170 Å². The van der Waals surface area contributed by atoms with E-state index in [1.54, 1.807) is 21.1 Å². The Kier molecular flexibility index (Phi) is 6.23. The first kappa shape index (κ1) is 19.5. The van der Waals surface area contributed by atoms with Crippen LogP contribution in [0.1, 0.15) is 12.1 Å². The van der Waals surface area contributed by atoms with E-state index in [-0.39, 0.29) is 11.5 Å². The van der Waals surface area contributed by atoms with Crippen molar-refractivity contribution in [2.75, 3.05) is 11.1 Å². The van der Waals surface area contributed by atoms with Crippen LogP contribution in [0.25, 0.3) is 5.69 Å². The number of hydrogen-bond donors (Lipinski definition) is 1. The number of halogens is 1. The lowest BCUT2D eigenvalue weighted by Crippen LogP contribution is -2.23. The molecule has 1 aromatic heterocycles. The minimum atomic E-state index is -0.227. The summed E-state index contributed by atoms with van der Waals surface area (Å²) in [5, 5.41) is 2.79. The van der Waals surface area contributed by atoms with Gasteiger partial charge in [-0.25, -0.2) is 4.68 Å². The van der Waals surface area contributed by atoms with Gasteiger partial charge in [-0.15, -0.1) is 11.8 Å². The minimum Gasteiger partial charge on any atom is -0.320 e. The van der Waals surface area contributed by atoms with Crippen molar-refractivity contribution in [1.82, 2.24) is 9.36 Å². The van der Waals surface area contributed by atoms with Gasteiger partial charge in [-0.1, -0.05) is 34.1 Å². The smallest absolute Gasteiger partial charge is 0.295 e. The molecule has 0 aliphatic rings. The van der Waals surface area contributed by atoms with Gasteiger partial charge in [0, 0.05) is 28.6 Å². The van der Waals surface area contributed by atoms with Crippen LogP contribution in [0.2, 0.25) is 0 Å². The van der Waals surface area contributed by atoms with Crippen LogP contribution in [0, 0.1) is 6.92 Å². The molecule has 5 nitrogen and oxygen atoms in total. The Bertz CT molecular complexity index is 995. The van der Waals surface area contributed by atoms with Gasteiger partial charge in [0.25, 0.3) is 5.56 Å². The molecule has 0 unspecified atom stereocenters. The summed E-state index contributed by atoms with van der Waals surface area (Å²) in [4.78, 5) is 26.2. The van der Waals surface area contributed by atoms with Crippen molar-refractivity contribution in [2.45, 2.75) is 18.2 Å². The average molecular weight is 446 g/mol. The van der Waals surface area contributed by atoms with Crippen molar-refractivity contribution >= 4 is 39.3 Å². The first-order valence-electron chi connectivity index (χ1n) is 8.49. The van der Waals surface area contributed by atoms with Crippen LogP contribution in [-0.4, -0.2) is 21.0 Å². The highest BCUT2D eigenvalue weighted by Crippen LogP contribution is 2.21. The van der Waals surface area contributed by atoms with E-state index in [0.29, 0.717) is 17.9 Å². The van der Waals surface area contributed by atoms with Gasteiger partial charge < -0.3 is 5.32 Å². The van der Waals surface area contributed by atoms with E-state index in [0.717, 1.165) is 20.7 Å². The van der Waals surface area contributed by atoms with E-state index in [9.17, 15) is 9.59 Å². The zero-order chi connectivity index (χ0) is 19.4. The molecule has 0 fully saturated rings. The number of nitrogens with zero attached hydrogens (tertiary/aromatic N) is 2. The second-order valence-electron chi connectivity index (χ2n) is 6.04. The quantitative estimate of drug-likeness (QED) is 0.573. The number of amides is 1. The number of benzene rings is 2. The Morgan fingerprint density at radius 2 is 1.78 bits per heavy atom. The molecular weight excluding hydrogens is 426 g/mol. The molecular formula is C20H20BrN3O2S. The summed E-state index contributed by atoms with van der Waals surface area (Å²) in [6.07, 6.45) is 0.333. The molecule has 1 amide bonds. The largest absolute Gasteiger partial charge is 0.320 e. The van der Waals surface area contributed by atoms with E-state index in [2.05, 4.69) is 21.2 Å². The number of rotatable bonds is 6. The van der Waals surface area contributed by atoms with Crippen molar-refractivity contribution < 1.29 is 4.79 Å². The second-order valence-corrected chi connectivity index (χ2v) is 8.12. The third-order valence-corrected chi connectivity index (χ3v) is 5.77. The van der Waals surface area contributed by atoms with Gasteiger partial charge in [0.1, 0.15) is 5.69 Å². The third-order valence-electron chi connectivity index (χ3n) is 4.23. The minimum absolute atomic E-state index is 0.161. The monoisotopic (exact) mass is 445 g/mol. The summed E-state index contributed by atoms with van der Waals surface area (Å²) in [5.74, 6) is 0.484. The number of para-hydroxylation sites is 1. The van der Waals surface area contributed by atoms with Crippen molar-refractivity contribution in [1.29, 1.82) is 0 Å². The summed E-state index contributed by atoms with van der Waals surface area (Å²) >= 11 is 5.02. The second kappa shape index (κ2) is 8.63. The molecule has 27 heavy (non-hydrogen) atoms. The van der Waals surface area contributed by atoms with Crippen molar-refractivity contribution in [2.24, 2.45) is 7.05 Å². The van der Waals surface area contributed by atoms with E-state index in [1.165, 1.54) is 0 Å². The maximum Gasteiger partial charge on any atom is 0.295 e. The fourth-order valence-corrected chi connectivity index (χ4v) is 3.82. The van der Waals surface area contributed by atoms with E-state index in [4.69, 9.17) is 0 Å². The van der Waals surface area contributed by atoms with Gasteiger partial charge in [0.05, 0.1) is 11.4 Å². The lowest BCUT2D eigenvalue weighted by molar-refractivity contribution is -0.115. The highest BCUT2D eigenvalue weighted by Gasteiger charge is 2.17. The van der Waals surface area contributed by atoms with Crippen LogP contribution in [0.3, 0.4) is 0 Å². The SMILES string of the molecule is Cc1c(NC(=O)CCSc2ccc(Br)cc2)c(=O)n(-c2ccccc2)n1C. The number of nitrogens with one attached hydrogen (secondary N) is 1. The molecule has 2 aromatic carbocycles. The van der Waals surface area contributed by atoms with Crippen molar-refractivity contribution in [3.05, 3.63) is 75.1 Å². The summed E-state index contributed by atoms with van der Waals surface area (Å²) in [6, 6.07) is 17.3. The maximum absolute atomic E-state index is 12.8. The molecule has 0 aliphatic carbocycles. The molecule has 0 spiro atoms. The number of thioether (sulfide) groups is 1. The van der Waals surface area contributed by atoms with Crippen LogP contribution < -0.4 is 10.9 Å². The third kappa shape index (κ3) is 4.54. The lowest BCUT2D eigenvalue weighted by Gasteiger charge is -2.07. The van der Waals surface area contributed by atoms with Gasteiger partial charge in [0.2, 0.25) is 5.91 Å². The topological polar surface area (TPSA) is 56.0 Å². The van der Waals surface area contributed by atoms with Gasteiger partial charge in [-0.3, -0.25) is 14.3 Å². The summed E-state index contributed by atoms with van der Waals surface area (Å²) < 4.78 is 4.34. The molecule has 1 N–H and O–H groups in total. The molecule has 0 atom stereocenters. The zero-order valence-electron chi connectivity index (χ0n) is 15.1. The van der Waals surface area contributed by atoms with Crippen LogP contribution >= 0.6 is 27.7 Å². The Hall–Kier alpha value is -2.25. The number of carbonyl (C=O) groups excluding carboxylic acids is 1. The Morgan fingerprint density at radius 3 is 2.44 bits per heavy atom. The maximum atomic E-state index is 12.8. The lowest BCUT2D eigenvalue weighted by atomic mass is 10.3. The van der Waals surface area contributed by atoms with Crippen LogP contribution in [-0.2, 0) is 11.8 Å². The molecule has 0 saturated carbocycles. The van der Waals surface area contributed by atoms with Crippen LogP contribution in [0.4, 0.5) is 5.69 Å². The molecule has 140 valence electrons. The summed E-state index contributed by atoms with van der Waals surface area (Å²) in [6.45, 7) is 1.83. The van der Waals surface area contributed by atoms with Crippen molar-refractivity contribution in [3.8, 4) is 5.69 Å². The highest BCUT2D eigenvalue weighted by atomic mass is 79.9. The highest BCUT2D eigenvalue weighted by molar-refractivity contribution is 9.10.